The lowest BCUT2D eigenvalue weighted by Crippen LogP contribution is -2.37. The molecular weight excluding hydrogens is 402 g/mol. The molecule has 2 aliphatic rings. The van der Waals surface area contributed by atoms with Gasteiger partial charge in [0.25, 0.3) is 0 Å². The number of nitrogens with one attached hydrogen (secondary N) is 1. The number of rotatable bonds is 5. The molecule has 0 aliphatic heterocycles. The van der Waals surface area contributed by atoms with Crippen LogP contribution in [0.15, 0.2) is 23.6 Å². The third-order valence-corrected chi connectivity index (χ3v) is 7.63. The first-order valence-corrected chi connectivity index (χ1v) is 11.0. The number of benzene rings is 1. The predicted molar refractivity (Wildman–Crippen MR) is 115 cm³/mol. The number of aryl methyl sites for hydroxylation is 2. The van der Waals surface area contributed by atoms with Crippen molar-refractivity contribution in [3.05, 3.63) is 40.3 Å². The van der Waals surface area contributed by atoms with Crippen molar-refractivity contribution >= 4 is 34.2 Å². The number of amides is 1. The van der Waals surface area contributed by atoms with Gasteiger partial charge in [-0.1, -0.05) is 18.2 Å². The monoisotopic (exact) mass is 427 g/mol. The minimum absolute atomic E-state index is 0.0674. The number of thiophene rings is 1. The maximum atomic E-state index is 13.1. The fourth-order valence-corrected chi connectivity index (χ4v) is 6.06. The van der Waals surface area contributed by atoms with Gasteiger partial charge >= 0.3 is 11.9 Å². The standard InChI is InChI=1S/C23H25NO5S/c1-11-4-5-13(8-12(11)2)16-10-30-21(19(16)23(28)29-3)24-20(25)17-14-6-7-15(9-14)18(17)22(26)27/h4-5,8,10,14-15,17-18H,6-7,9H2,1-3H3,(H,24,25)(H,26,27)/t14-,15+,17-,18+/m1/s1. The Hall–Kier alpha value is -2.67. The van der Waals surface area contributed by atoms with E-state index in [4.69, 9.17) is 4.74 Å². The van der Waals surface area contributed by atoms with Crippen LogP contribution < -0.4 is 5.32 Å². The number of aliphatic carboxylic acids is 1. The van der Waals surface area contributed by atoms with Gasteiger partial charge in [-0.15, -0.1) is 11.3 Å². The van der Waals surface area contributed by atoms with E-state index < -0.39 is 23.8 Å². The highest BCUT2D eigenvalue weighted by Gasteiger charge is 2.54. The number of anilines is 1. The summed E-state index contributed by atoms with van der Waals surface area (Å²) in [5.41, 5.74) is 4.14. The summed E-state index contributed by atoms with van der Waals surface area (Å²) >= 11 is 1.26. The molecule has 1 heterocycles. The van der Waals surface area contributed by atoms with Crippen molar-refractivity contribution in [1.29, 1.82) is 0 Å². The Bertz CT molecular complexity index is 1030. The molecular formula is C23H25NO5S. The lowest BCUT2D eigenvalue weighted by atomic mass is 9.78. The molecule has 7 heteroatoms. The van der Waals surface area contributed by atoms with Crippen LogP contribution in [-0.2, 0) is 14.3 Å². The summed E-state index contributed by atoms with van der Waals surface area (Å²) in [5.74, 6) is -2.79. The molecule has 6 nitrogen and oxygen atoms in total. The van der Waals surface area contributed by atoms with Crippen molar-refractivity contribution in [1.82, 2.24) is 0 Å². The topological polar surface area (TPSA) is 92.7 Å². The van der Waals surface area contributed by atoms with E-state index in [2.05, 4.69) is 5.32 Å². The van der Waals surface area contributed by atoms with E-state index in [1.165, 1.54) is 18.4 Å². The summed E-state index contributed by atoms with van der Waals surface area (Å²) in [6.07, 6.45) is 2.54. The maximum Gasteiger partial charge on any atom is 0.341 e. The fraction of sp³-hybridized carbons (Fsp3) is 0.435. The molecule has 2 aliphatic carbocycles. The molecule has 0 saturated heterocycles. The highest BCUT2D eigenvalue weighted by Crippen LogP contribution is 2.53. The van der Waals surface area contributed by atoms with Gasteiger partial charge in [-0.3, -0.25) is 9.59 Å². The lowest BCUT2D eigenvalue weighted by Gasteiger charge is -2.26. The zero-order valence-corrected chi connectivity index (χ0v) is 18.0. The summed E-state index contributed by atoms with van der Waals surface area (Å²) in [4.78, 5) is 37.5. The van der Waals surface area contributed by atoms with Crippen LogP contribution in [0.5, 0.6) is 0 Å². The summed E-state index contributed by atoms with van der Waals surface area (Å²) in [6.45, 7) is 4.03. The minimum atomic E-state index is -0.905. The van der Waals surface area contributed by atoms with Crippen LogP contribution in [0.3, 0.4) is 0 Å². The fourth-order valence-electron chi connectivity index (χ4n) is 5.10. The largest absolute Gasteiger partial charge is 0.481 e. The van der Waals surface area contributed by atoms with Gasteiger partial charge in [0.2, 0.25) is 5.91 Å². The van der Waals surface area contributed by atoms with E-state index in [9.17, 15) is 19.5 Å². The van der Waals surface area contributed by atoms with Gasteiger partial charge in [0.15, 0.2) is 0 Å². The number of carboxylic acids is 1. The van der Waals surface area contributed by atoms with Gasteiger partial charge in [0.05, 0.1) is 18.9 Å². The molecule has 0 unspecified atom stereocenters. The highest BCUT2D eigenvalue weighted by atomic mass is 32.1. The van der Waals surface area contributed by atoms with Crippen molar-refractivity contribution in [2.75, 3.05) is 12.4 Å². The number of fused-ring (bicyclic) bond motifs is 2. The molecule has 2 bridgehead atoms. The Morgan fingerprint density at radius 3 is 2.43 bits per heavy atom. The Morgan fingerprint density at radius 2 is 1.80 bits per heavy atom. The SMILES string of the molecule is COC(=O)c1c(-c2ccc(C)c(C)c2)csc1NC(=O)[C@@H]1[C@@H]2CC[C@@H](C2)[C@@H]1C(=O)O. The molecule has 2 fully saturated rings. The molecule has 1 amide bonds. The lowest BCUT2D eigenvalue weighted by molar-refractivity contribution is -0.148. The summed E-state index contributed by atoms with van der Waals surface area (Å²) < 4.78 is 4.99. The van der Waals surface area contributed by atoms with Crippen LogP contribution in [0.4, 0.5) is 5.00 Å². The normalized spacial score (nSPS) is 24.6. The van der Waals surface area contributed by atoms with E-state index in [0.717, 1.165) is 36.0 Å². The number of hydrogen-bond donors (Lipinski definition) is 2. The van der Waals surface area contributed by atoms with E-state index in [1.54, 1.807) is 0 Å². The van der Waals surface area contributed by atoms with Gasteiger partial charge in [0.1, 0.15) is 10.6 Å². The van der Waals surface area contributed by atoms with E-state index in [0.29, 0.717) is 16.1 Å². The van der Waals surface area contributed by atoms with Crippen molar-refractivity contribution in [2.24, 2.45) is 23.7 Å². The Morgan fingerprint density at radius 1 is 1.10 bits per heavy atom. The summed E-state index contributed by atoms with van der Waals surface area (Å²) in [7, 11) is 1.31. The van der Waals surface area contributed by atoms with Gasteiger partial charge < -0.3 is 15.2 Å². The molecule has 0 spiro atoms. The molecule has 4 atom stereocenters. The van der Waals surface area contributed by atoms with Crippen LogP contribution in [-0.4, -0.2) is 30.1 Å². The number of esters is 1. The van der Waals surface area contributed by atoms with Crippen LogP contribution in [0, 0.1) is 37.5 Å². The molecule has 30 heavy (non-hydrogen) atoms. The van der Waals surface area contributed by atoms with Gasteiger partial charge in [-0.05, 0) is 61.6 Å². The summed E-state index contributed by atoms with van der Waals surface area (Å²) in [5, 5.41) is 14.8. The highest BCUT2D eigenvalue weighted by molar-refractivity contribution is 7.15. The molecule has 158 valence electrons. The van der Waals surface area contributed by atoms with Crippen LogP contribution >= 0.6 is 11.3 Å². The third-order valence-electron chi connectivity index (χ3n) is 6.74. The number of carbonyl (C=O) groups excluding carboxylic acids is 2. The molecule has 2 saturated carbocycles. The molecule has 1 aromatic heterocycles. The molecule has 0 radical (unpaired) electrons. The second-order valence-corrected chi connectivity index (χ2v) is 9.24. The number of carbonyl (C=O) groups is 3. The second kappa shape index (κ2) is 7.87. The molecule has 1 aromatic carbocycles. The van der Waals surface area contributed by atoms with Crippen LogP contribution in [0.2, 0.25) is 0 Å². The van der Waals surface area contributed by atoms with Crippen molar-refractivity contribution in [2.45, 2.75) is 33.1 Å². The second-order valence-electron chi connectivity index (χ2n) is 8.36. The molecule has 2 N–H and O–H groups in total. The molecule has 2 aromatic rings. The zero-order chi connectivity index (χ0) is 21.6. The average Bonchev–Trinajstić information content (AvgIpc) is 3.43. The minimum Gasteiger partial charge on any atom is -0.481 e. The van der Waals surface area contributed by atoms with Crippen molar-refractivity contribution in [3.63, 3.8) is 0 Å². The summed E-state index contributed by atoms with van der Waals surface area (Å²) in [6, 6.07) is 5.94. The number of ether oxygens (including phenoxy) is 1. The maximum absolute atomic E-state index is 13.1. The first-order valence-electron chi connectivity index (χ1n) is 10.1. The van der Waals surface area contributed by atoms with E-state index >= 15 is 0 Å². The van der Waals surface area contributed by atoms with E-state index in [-0.39, 0.29) is 17.7 Å². The van der Waals surface area contributed by atoms with E-state index in [1.807, 2.05) is 37.4 Å². The Balaban J connectivity index is 1.67. The average molecular weight is 428 g/mol. The van der Waals surface area contributed by atoms with Crippen molar-refractivity contribution in [3.8, 4) is 11.1 Å². The quantitative estimate of drug-likeness (QED) is 0.685. The molecule has 4 rings (SSSR count). The smallest absolute Gasteiger partial charge is 0.341 e. The Kier molecular flexibility index (Phi) is 5.40. The van der Waals surface area contributed by atoms with Crippen LogP contribution in [0.25, 0.3) is 11.1 Å². The number of carboxylic acid groups (broad SMARTS) is 1. The van der Waals surface area contributed by atoms with Gasteiger partial charge in [-0.25, -0.2) is 4.79 Å². The first-order chi connectivity index (χ1) is 14.3. The van der Waals surface area contributed by atoms with Gasteiger partial charge in [0, 0.05) is 10.9 Å². The van der Waals surface area contributed by atoms with Gasteiger partial charge in [-0.2, -0.15) is 0 Å². The number of hydrogen-bond acceptors (Lipinski definition) is 5. The van der Waals surface area contributed by atoms with Crippen molar-refractivity contribution < 1.29 is 24.2 Å². The first kappa shape index (κ1) is 20.6. The zero-order valence-electron chi connectivity index (χ0n) is 17.2. The Labute approximate surface area is 179 Å². The predicted octanol–water partition coefficient (Wildman–Crippen LogP) is 4.50. The third kappa shape index (κ3) is 3.41. The van der Waals surface area contributed by atoms with Crippen LogP contribution in [0.1, 0.15) is 40.7 Å². The number of methoxy groups -OCH3 is 1.